The molecule has 1 atom stereocenters. The van der Waals surface area contributed by atoms with Crippen molar-refractivity contribution >= 4 is 23.1 Å². The molecule has 0 bridgehead atoms. The van der Waals surface area contributed by atoms with E-state index < -0.39 is 6.04 Å². The molecule has 1 aliphatic heterocycles. The Kier molecular flexibility index (Phi) is 4.88. The van der Waals surface area contributed by atoms with Crippen LogP contribution in [0.3, 0.4) is 0 Å². The molecule has 3 rings (SSSR count). The zero-order valence-electron chi connectivity index (χ0n) is 14.2. The molecule has 1 unspecified atom stereocenters. The van der Waals surface area contributed by atoms with Gasteiger partial charge < -0.3 is 20.1 Å². The van der Waals surface area contributed by atoms with E-state index >= 15 is 0 Å². The number of hydrogen-bond donors (Lipinski definition) is 2. The van der Waals surface area contributed by atoms with E-state index in [4.69, 9.17) is 9.47 Å². The molecule has 0 aliphatic carbocycles. The van der Waals surface area contributed by atoms with Gasteiger partial charge in [0.1, 0.15) is 19.3 Å². The third kappa shape index (κ3) is 4.09. The number of amides is 1. The predicted molar refractivity (Wildman–Crippen MR) is 95.6 cm³/mol. The Bertz CT molecular complexity index is 804. The van der Waals surface area contributed by atoms with Crippen LogP contribution in [0.4, 0.5) is 11.4 Å². The van der Waals surface area contributed by atoms with Gasteiger partial charge in [0.05, 0.1) is 0 Å². The highest BCUT2D eigenvalue weighted by molar-refractivity contribution is 5.97. The second-order valence-corrected chi connectivity index (χ2v) is 5.85. The number of carbonyl (C=O) groups excluding carboxylic acids is 2. The number of fused-ring (bicyclic) bond motifs is 1. The summed E-state index contributed by atoms with van der Waals surface area (Å²) in [7, 11) is 0. The van der Waals surface area contributed by atoms with Gasteiger partial charge >= 0.3 is 0 Å². The predicted octanol–water partition coefficient (Wildman–Crippen LogP) is 3.10. The lowest BCUT2D eigenvalue weighted by molar-refractivity contribution is -0.116. The highest BCUT2D eigenvalue weighted by Gasteiger charge is 2.16. The second kappa shape index (κ2) is 7.25. The molecular formula is C19H20N2O4. The molecule has 25 heavy (non-hydrogen) atoms. The molecule has 0 fully saturated rings. The first-order valence-corrected chi connectivity index (χ1v) is 8.11. The number of anilines is 2. The number of ether oxygens (including phenoxy) is 2. The minimum atomic E-state index is -0.476. The smallest absolute Gasteiger partial charge is 0.246 e. The molecular weight excluding hydrogens is 320 g/mol. The lowest BCUT2D eigenvalue weighted by Gasteiger charge is -2.20. The monoisotopic (exact) mass is 340 g/mol. The summed E-state index contributed by atoms with van der Waals surface area (Å²) < 4.78 is 11.0. The average molecular weight is 340 g/mol. The van der Waals surface area contributed by atoms with Crippen molar-refractivity contribution in [2.24, 2.45) is 0 Å². The van der Waals surface area contributed by atoms with E-state index in [0.29, 0.717) is 36.0 Å². The van der Waals surface area contributed by atoms with Crippen molar-refractivity contribution in [3.8, 4) is 11.5 Å². The van der Waals surface area contributed by atoms with Gasteiger partial charge in [-0.2, -0.15) is 0 Å². The van der Waals surface area contributed by atoms with Gasteiger partial charge in [-0.25, -0.2) is 0 Å². The summed E-state index contributed by atoms with van der Waals surface area (Å²) in [4.78, 5) is 23.8. The first-order chi connectivity index (χ1) is 12.0. The molecule has 0 aromatic heterocycles. The molecule has 1 heterocycles. The van der Waals surface area contributed by atoms with Crippen LogP contribution >= 0.6 is 0 Å². The van der Waals surface area contributed by atoms with E-state index in [0.717, 1.165) is 5.69 Å². The van der Waals surface area contributed by atoms with Crippen LogP contribution in [0.5, 0.6) is 11.5 Å². The molecule has 0 radical (unpaired) electrons. The summed E-state index contributed by atoms with van der Waals surface area (Å²) in [6, 6.07) is 11.9. The number of nitrogens with one attached hydrogen (secondary N) is 2. The Balaban J connectivity index is 1.64. The molecule has 1 aliphatic rings. The summed E-state index contributed by atoms with van der Waals surface area (Å²) in [6.45, 7) is 4.29. The zero-order chi connectivity index (χ0) is 17.8. The maximum absolute atomic E-state index is 12.4. The fourth-order valence-corrected chi connectivity index (χ4v) is 2.52. The normalized spacial score (nSPS) is 13.7. The Labute approximate surface area is 146 Å². The van der Waals surface area contributed by atoms with E-state index in [-0.39, 0.29) is 11.7 Å². The molecule has 0 saturated heterocycles. The molecule has 2 N–H and O–H groups in total. The maximum Gasteiger partial charge on any atom is 0.246 e. The fraction of sp³-hybridized carbons (Fsp3) is 0.263. The molecule has 0 spiro atoms. The second-order valence-electron chi connectivity index (χ2n) is 5.85. The Morgan fingerprint density at radius 2 is 1.76 bits per heavy atom. The van der Waals surface area contributed by atoms with Gasteiger partial charge in [0.2, 0.25) is 5.91 Å². The number of carbonyl (C=O) groups is 2. The highest BCUT2D eigenvalue weighted by atomic mass is 16.6. The van der Waals surface area contributed by atoms with Gasteiger partial charge in [0, 0.05) is 23.0 Å². The van der Waals surface area contributed by atoms with Crippen molar-refractivity contribution in [3.05, 3.63) is 48.0 Å². The minimum absolute atomic E-state index is 0.0166. The minimum Gasteiger partial charge on any atom is -0.486 e. The van der Waals surface area contributed by atoms with Crippen LogP contribution in [0, 0.1) is 0 Å². The van der Waals surface area contributed by atoms with E-state index in [9.17, 15) is 9.59 Å². The number of hydrogen-bond acceptors (Lipinski definition) is 5. The molecule has 1 amide bonds. The molecule has 2 aromatic carbocycles. The SMILES string of the molecule is CC(=O)c1cccc(NC(C)C(=O)Nc2ccc3c(c2)OCCO3)c1. The van der Waals surface area contributed by atoms with Crippen LogP contribution in [0.25, 0.3) is 0 Å². The highest BCUT2D eigenvalue weighted by Crippen LogP contribution is 2.32. The summed E-state index contributed by atoms with van der Waals surface area (Å²) in [6.07, 6.45) is 0. The van der Waals surface area contributed by atoms with Crippen LogP contribution in [0.2, 0.25) is 0 Å². The van der Waals surface area contributed by atoms with Crippen LogP contribution < -0.4 is 20.1 Å². The number of rotatable bonds is 5. The van der Waals surface area contributed by atoms with Crippen LogP contribution in [0.1, 0.15) is 24.2 Å². The molecule has 0 saturated carbocycles. The third-order valence-corrected chi connectivity index (χ3v) is 3.86. The average Bonchev–Trinajstić information content (AvgIpc) is 2.61. The largest absolute Gasteiger partial charge is 0.486 e. The van der Waals surface area contributed by atoms with E-state index in [1.807, 2.05) is 6.07 Å². The number of benzene rings is 2. The topological polar surface area (TPSA) is 76.7 Å². The van der Waals surface area contributed by atoms with Gasteiger partial charge in [-0.15, -0.1) is 0 Å². The Morgan fingerprint density at radius 3 is 2.52 bits per heavy atom. The van der Waals surface area contributed by atoms with Crippen LogP contribution in [0.15, 0.2) is 42.5 Å². The van der Waals surface area contributed by atoms with Crippen LogP contribution in [-0.4, -0.2) is 30.9 Å². The van der Waals surface area contributed by atoms with Crippen molar-refractivity contribution in [2.45, 2.75) is 19.9 Å². The first kappa shape index (κ1) is 16.8. The summed E-state index contributed by atoms with van der Waals surface area (Å²) in [5.41, 5.74) is 1.96. The van der Waals surface area contributed by atoms with Gasteiger partial charge in [0.15, 0.2) is 17.3 Å². The molecule has 130 valence electrons. The van der Waals surface area contributed by atoms with Gasteiger partial charge in [-0.05, 0) is 38.1 Å². The van der Waals surface area contributed by atoms with Gasteiger partial charge in [0.25, 0.3) is 0 Å². The van der Waals surface area contributed by atoms with Gasteiger partial charge in [-0.3, -0.25) is 9.59 Å². The van der Waals surface area contributed by atoms with Crippen molar-refractivity contribution in [3.63, 3.8) is 0 Å². The Morgan fingerprint density at radius 1 is 1.00 bits per heavy atom. The van der Waals surface area contributed by atoms with E-state index in [1.54, 1.807) is 43.3 Å². The number of ketones is 1. The quantitative estimate of drug-likeness (QED) is 0.818. The van der Waals surface area contributed by atoms with E-state index in [2.05, 4.69) is 10.6 Å². The third-order valence-electron chi connectivity index (χ3n) is 3.86. The van der Waals surface area contributed by atoms with Crippen molar-refractivity contribution < 1.29 is 19.1 Å². The van der Waals surface area contributed by atoms with Crippen molar-refractivity contribution in [1.82, 2.24) is 0 Å². The lowest BCUT2D eigenvalue weighted by atomic mass is 10.1. The van der Waals surface area contributed by atoms with Crippen molar-refractivity contribution in [2.75, 3.05) is 23.8 Å². The van der Waals surface area contributed by atoms with Gasteiger partial charge in [-0.1, -0.05) is 12.1 Å². The molecule has 6 heteroatoms. The number of Topliss-reactive ketones (excluding diaryl/α,β-unsaturated/α-hetero) is 1. The lowest BCUT2D eigenvalue weighted by Crippen LogP contribution is -2.32. The summed E-state index contributed by atoms with van der Waals surface area (Å²) in [5.74, 6) is 1.09. The molecule has 2 aromatic rings. The molecule has 6 nitrogen and oxygen atoms in total. The van der Waals surface area contributed by atoms with Crippen molar-refractivity contribution in [1.29, 1.82) is 0 Å². The zero-order valence-corrected chi connectivity index (χ0v) is 14.2. The summed E-state index contributed by atoms with van der Waals surface area (Å²) in [5, 5.41) is 5.94. The van der Waals surface area contributed by atoms with Crippen LogP contribution in [-0.2, 0) is 4.79 Å². The van der Waals surface area contributed by atoms with E-state index in [1.165, 1.54) is 6.92 Å². The first-order valence-electron chi connectivity index (χ1n) is 8.11. The maximum atomic E-state index is 12.4. The Hall–Kier alpha value is -3.02. The summed E-state index contributed by atoms with van der Waals surface area (Å²) >= 11 is 0. The fourth-order valence-electron chi connectivity index (χ4n) is 2.52. The standard InChI is InChI=1S/C19H20N2O4/c1-12(20-15-5-3-4-14(10-15)13(2)22)19(23)21-16-6-7-17-18(11-16)25-9-8-24-17/h3-7,10-12,20H,8-9H2,1-2H3,(H,21,23).